The average Bonchev–Trinajstić information content (AvgIpc) is 2.31. The lowest BCUT2D eigenvalue weighted by Gasteiger charge is -2.21. The minimum atomic E-state index is 0.291. The van der Waals surface area contributed by atoms with Crippen LogP contribution in [0.3, 0.4) is 0 Å². The van der Waals surface area contributed by atoms with E-state index in [2.05, 4.69) is 25.7 Å². The zero-order valence-corrected chi connectivity index (χ0v) is 7.75. The molecule has 0 radical (unpaired) electrons. The number of aliphatic hydroxyl groups is 1. The van der Waals surface area contributed by atoms with Crippen molar-refractivity contribution in [3.05, 3.63) is 0 Å². The molecule has 0 bridgehead atoms. The Morgan fingerprint density at radius 3 is 2.18 bits per heavy atom. The summed E-state index contributed by atoms with van der Waals surface area (Å²) < 4.78 is 0. The van der Waals surface area contributed by atoms with E-state index < -0.39 is 0 Å². The molecule has 0 aromatic carbocycles. The number of aliphatic hydroxyl groups excluding tert-OH is 1. The van der Waals surface area contributed by atoms with E-state index in [1.165, 1.54) is 0 Å². The highest BCUT2D eigenvalue weighted by molar-refractivity contribution is 4.81. The highest BCUT2D eigenvalue weighted by atomic mass is 16.3. The fourth-order valence-electron chi connectivity index (χ4n) is 1.65. The first-order valence-corrected chi connectivity index (χ1v) is 4.50. The van der Waals surface area contributed by atoms with Crippen LogP contribution in [0.25, 0.3) is 0 Å². The maximum atomic E-state index is 8.93. The van der Waals surface area contributed by atoms with Gasteiger partial charge < -0.3 is 5.11 Å². The summed E-state index contributed by atoms with van der Waals surface area (Å²) in [6.45, 7) is 9.26. The normalized spacial score (nSPS) is 36.0. The van der Waals surface area contributed by atoms with Crippen molar-refractivity contribution >= 4 is 0 Å². The molecule has 1 N–H and O–H groups in total. The van der Waals surface area contributed by atoms with Crippen LogP contribution in [0.2, 0.25) is 0 Å². The second-order valence-electron chi connectivity index (χ2n) is 3.94. The van der Waals surface area contributed by atoms with Crippen molar-refractivity contribution in [2.75, 3.05) is 19.7 Å². The maximum Gasteiger partial charge on any atom is 0.0584 e. The molecule has 1 saturated heterocycles. The van der Waals surface area contributed by atoms with Gasteiger partial charge in [0, 0.05) is 19.1 Å². The number of hydrogen-bond donors (Lipinski definition) is 1. The number of likely N-dealkylation sites (tertiary alicyclic amines) is 1. The Morgan fingerprint density at radius 2 is 1.82 bits per heavy atom. The third-order valence-electron chi connectivity index (χ3n) is 2.90. The summed E-state index contributed by atoms with van der Waals surface area (Å²) in [6, 6.07) is 0.349. The molecule has 11 heavy (non-hydrogen) atoms. The Hall–Kier alpha value is -0.0800. The molecule has 2 heteroatoms. The first-order chi connectivity index (χ1) is 5.15. The van der Waals surface area contributed by atoms with Gasteiger partial charge in [-0.3, -0.25) is 4.90 Å². The summed E-state index contributed by atoms with van der Waals surface area (Å²) >= 11 is 0. The van der Waals surface area contributed by atoms with Gasteiger partial charge in [0.25, 0.3) is 0 Å². The van der Waals surface area contributed by atoms with Gasteiger partial charge in [-0.1, -0.05) is 13.8 Å². The molecule has 0 aromatic heterocycles. The molecule has 0 spiro atoms. The number of rotatable bonds is 2. The van der Waals surface area contributed by atoms with Crippen molar-refractivity contribution in [2.45, 2.75) is 26.8 Å². The lowest BCUT2D eigenvalue weighted by Crippen LogP contribution is -2.33. The molecular formula is C9H19NO. The van der Waals surface area contributed by atoms with Crippen molar-refractivity contribution < 1.29 is 5.11 Å². The molecule has 1 fully saturated rings. The Bertz CT molecular complexity index is 117. The lowest BCUT2D eigenvalue weighted by molar-refractivity contribution is 0.153. The topological polar surface area (TPSA) is 23.5 Å². The second-order valence-corrected chi connectivity index (χ2v) is 3.94. The molecule has 1 heterocycles. The smallest absolute Gasteiger partial charge is 0.0584 e. The van der Waals surface area contributed by atoms with Crippen molar-refractivity contribution in [1.82, 2.24) is 4.90 Å². The minimum absolute atomic E-state index is 0.291. The van der Waals surface area contributed by atoms with E-state index in [4.69, 9.17) is 5.11 Å². The molecule has 2 nitrogen and oxygen atoms in total. The highest BCUT2D eigenvalue weighted by Gasteiger charge is 2.28. The molecule has 3 atom stereocenters. The number of hydrogen-bond acceptors (Lipinski definition) is 2. The van der Waals surface area contributed by atoms with Crippen LogP contribution in [-0.2, 0) is 0 Å². The third-order valence-corrected chi connectivity index (χ3v) is 2.90. The molecule has 66 valence electrons. The van der Waals surface area contributed by atoms with Gasteiger partial charge >= 0.3 is 0 Å². The molecule has 1 aliphatic rings. The first kappa shape index (κ1) is 9.01. The lowest BCUT2D eigenvalue weighted by atomic mass is 10.0. The van der Waals surface area contributed by atoms with Gasteiger partial charge in [-0.05, 0) is 18.8 Å². The van der Waals surface area contributed by atoms with Gasteiger partial charge in [0.2, 0.25) is 0 Å². The summed E-state index contributed by atoms with van der Waals surface area (Å²) in [5, 5.41) is 8.93. The second kappa shape index (κ2) is 3.55. The van der Waals surface area contributed by atoms with E-state index in [9.17, 15) is 0 Å². The molecule has 3 unspecified atom stereocenters. The van der Waals surface area contributed by atoms with E-state index in [0.29, 0.717) is 12.6 Å². The summed E-state index contributed by atoms with van der Waals surface area (Å²) in [6.07, 6.45) is 0. The van der Waals surface area contributed by atoms with E-state index in [1.54, 1.807) is 0 Å². The van der Waals surface area contributed by atoms with Crippen molar-refractivity contribution in [1.29, 1.82) is 0 Å². The summed E-state index contributed by atoms with van der Waals surface area (Å²) in [5.74, 6) is 1.59. The van der Waals surface area contributed by atoms with Gasteiger partial charge in [0.1, 0.15) is 0 Å². The SMILES string of the molecule is CC1CN(C(C)CO)CC1C. The van der Waals surface area contributed by atoms with Crippen molar-refractivity contribution in [3.63, 3.8) is 0 Å². The quantitative estimate of drug-likeness (QED) is 0.645. The molecule has 0 aromatic rings. The fraction of sp³-hybridized carbons (Fsp3) is 1.00. The van der Waals surface area contributed by atoms with Crippen molar-refractivity contribution in [2.24, 2.45) is 11.8 Å². The summed E-state index contributed by atoms with van der Waals surface area (Å²) in [4.78, 5) is 2.37. The Morgan fingerprint density at radius 1 is 1.36 bits per heavy atom. The molecule has 1 aliphatic heterocycles. The minimum Gasteiger partial charge on any atom is -0.395 e. The van der Waals surface area contributed by atoms with Crippen LogP contribution in [0.1, 0.15) is 20.8 Å². The van der Waals surface area contributed by atoms with Gasteiger partial charge in [0.15, 0.2) is 0 Å². The zero-order chi connectivity index (χ0) is 8.43. The predicted molar refractivity (Wildman–Crippen MR) is 46.4 cm³/mol. The van der Waals surface area contributed by atoms with Crippen LogP contribution >= 0.6 is 0 Å². The zero-order valence-electron chi connectivity index (χ0n) is 7.75. The number of nitrogens with zero attached hydrogens (tertiary/aromatic N) is 1. The van der Waals surface area contributed by atoms with Crippen LogP contribution in [0, 0.1) is 11.8 Å². The first-order valence-electron chi connectivity index (χ1n) is 4.50. The average molecular weight is 157 g/mol. The van der Waals surface area contributed by atoms with E-state index in [0.717, 1.165) is 24.9 Å². The maximum absolute atomic E-state index is 8.93. The summed E-state index contributed by atoms with van der Waals surface area (Å²) in [5.41, 5.74) is 0. The third kappa shape index (κ3) is 1.94. The van der Waals surface area contributed by atoms with Crippen LogP contribution in [0.5, 0.6) is 0 Å². The van der Waals surface area contributed by atoms with E-state index in [-0.39, 0.29) is 0 Å². The van der Waals surface area contributed by atoms with Crippen LogP contribution < -0.4 is 0 Å². The van der Waals surface area contributed by atoms with E-state index in [1.807, 2.05) is 0 Å². The monoisotopic (exact) mass is 157 g/mol. The van der Waals surface area contributed by atoms with Crippen LogP contribution in [-0.4, -0.2) is 35.7 Å². The standard InChI is InChI=1S/C9H19NO/c1-7-4-10(5-8(7)2)9(3)6-11/h7-9,11H,4-6H2,1-3H3. The van der Waals surface area contributed by atoms with Gasteiger partial charge in [-0.15, -0.1) is 0 Å². The molecule has 0 aliphatic carbocycles. The van der Waals surface area contributed by atoms with Gasteiger partial charge in [-0.2, -0.15) is 0 Å². The van der Waals surface area contributed by atoms with E-state index >= 15 is 0 Å². The Labute approximate surface area is 69.2 Å². The van der Waals surface area contributed by atoms with Crippen molar-refractivity contribution in [3.8, 4) is 0 Å². The Balaban J connectivity index is 2.40. The van der Waals surface area contributed by atoms with Gasteiger partial charge in [-0.25, -0.2) is 0 Å². The molecular weight excluding hydrogens is 138 g/mol. The fourth-order valence-corrected chi connectivity index (χ4v) is 1.65. The summed E-state index contributed by atoms with van der Waals surface area (Å²) in [7, 11) is 0. The molecule has 1 rings (SSSR count). The van der Waals surface area contributed by atoms with Crippen LogP contribution in [0.4, 0.5) is 0 Å². The van der Waals surface area contributed by atoms with Gasteiger partial charge in [0.05, 0.1) is 6.61 Å². The highest BCUT2D eigenvalue weighted by Crippen LogP contribution is 2.23. The molecule has 0 saturated carbocycles. The molecule has 0 amide bonds. The largest absolute Gasteiger partial charge is 0.395 e. The Kier molecular flexibility index (Phi) is 2.90. The predicted octanol–water partition coefficient (Wildman–Crippen LogP) is 0.955. The van der Waals surface area contributed by atoms with Crippen LogP contribution in [0.15, 0.2) is 0 Å².